The average molecular weight is 341 g/mol. The molecule has 8 nitrogen and oxygen atoms in total. The van der Waals surface area contributed by atoms with Crippen molar-refractivity contribution in [3.63, 3.8) is 0 Å². The van der Waals surface area contributed by atoms with E-state index < -0.39 is 16.6 Å². The number of hydrogen-bond acceptors (Lipinski definition) is 6. The van der Waals surface area contributed by atoms with Gasteiger partial charge < -0.3 is 9.84 Å². The Morgan fingerprint density at radius 3 is 2.44 bits per heavy atom. The first kappa shape index (κ1) is 16.6. The highest BCUT2D eigenvalue weighted by molar-refractivity contribution is 5.95. The Bertz CT molecular complexity index is 832. The highest BCUT2D eigenvalue weighted by Gasteiger charge is 2.43. The number of ether oxygens (including phenoxy) is 1. The van der Waals surface area contributed by atoms with Crippen molar-refractivity contribution in [2.45, 2.75) is 12.1 Å². The number of non-ortho nitro benzene ring substituents is 1. The Hall–Kier alpha value is -3.26. The van der Waals surface area contributed by atoms with Crippen LogP contribution in [0, 0.1) is 10.1 Å². The van der Waals surface area contributed by atoms with E-state index >= 15 is 0 Å². The quantitative estimate of drug-likeness (QED) is 0.678. The standard InChI is InChI=1S/C17H15N3O5/c1-25-15-8-2-12(3-9-15)16(21)19-17(22,10-11-18-19)13-4-6-14(7-5-13)20(23)24/h2-9,11,22H,10H2,1H3. The van der Waals surface area contributed by atoms with Crippen molar-refractivity contribution in [3.05, 3.63) is 69.8 Å². The highest BCUT2D eigenvalue weighted by atomic mass is 16.6. The molecule has 1 N–H and O–H groups in total. The molecular formula is C17H15N3O5. The van der Waals surface area contributed by atoms with Gasteiger partial charge >= 0.3 is 0 Å². The summed E-state index contributed by atoms with van der Waals surface area (Å²) in [6, 6.07) is 11.8. The molecule has 3 rings (SSSR count). The van der Waals surface area contributed by atoms with Gasteiger partial charge in [0.25, 0.3) is 11.6 Å². The number of nitro benzene ring substituents is 1. The van der Waals surface area contributed by atoms with Crippen LogP contribution in [0.25, 0.3) is 0 Å². The lowest BCUT2D eigenvalue weighted by Crippen LogP contribution is -2.43. The van der Waals surface area contributed by atoms with Gasteiger partial charge in [-0.2, -0.15) is 10.1 Å². The molecule has 0 aliphatic carbocycles. The van der Waals surface area contributed by atoms with E-state index in [9.17, 15) is 20.0 Å². The van der Waals surface area contributed by atoms with Gasteiger partial charge in [-0.1, -0.05) is 0 Å². The van der Waals surface area contributed by atoms with Crippen LogP contribution in [0.5, 0.6) is 5.75 Å². The van der Waals surface area contributed by atoms with Crippen molar-refractivity contribution in [1.29, 1.82) is 0 Å². The van der Waals surface area contributed by atoms with Gasteiger partial charge in [-0.15, -0.1) is 0 Å². The molecule has 1 unspecified atom stereocenters. The summed E-state index contributed by atoms with van der Waals surface area (Å²) >= 11 is 0. The van der Waals surface area contributed by atoms with Crippen molar-refractivity contribution >= 4 is 17.8 Å². The van der Waals surface area contributed by atoms with Crippen LogP contribution < -0.4 is 4.74 Å². The largest absolute Gasteiger partial charge is 0.497 e. The summed E-state index contributed by atoms with van der Waals surface area (Å²) < 4.78 is 5.06. The van der Waals surface area contributed by atoms with Crippen LogP contribution in [-0.2, 0) is 5.72 Å². The Morgan fingerprint density at radius 2 is 1.88 bits per heavy atom. The SMILES string of the molecule is COc1ccc(C(=O)N2N=CCC2(O)c2ccc([N+](=O)[O-])cc2)cc1. The minimum Gasteiger partial charge on any atom is -0.497 e. The predicted molar refractivity (Wildman–Crippen MR) is 89.3 cm³/mol. The van der Waals surface area contributed by atoms with Gasteiger partial charge in [-0.3, -0.25) is 14.9 Å². The molecule has 0 saturated heterocycles. The first-order valence-corrected chi connectivity index (χ1v) is 7.44. The zero-order chi connectivity index (χ0) is 18.0. The molecule has 2 aromatic carbocycles. The number of hydrazone groups is 1. The van der Waals surface area contributed by atoms with Crippen molar-refractivity contribution in [2.75, 3.05) is 7.11 Å². The van der Waals surface area contributed by atoms with Gasteiger partial charge in [0.1, 0.15) is 5.75 Å². The van der Waals surface area contributed by atoms with E-state index in [-0.39, 0.29) is 12.1 Å². The van der Waals surface area contributed by atoms with Crippen LogP contribution in [-0.4, -0.2) is 34.3 Å². The normalized spacial score (nSPS) is 19.0. The van der Waals surface area contributed by atoms with Crippen LogP contribution in [0.15, 0.2) is 53.6 Å². The van der Waals surface area contributed by atoms with Crippen LogP contribution >= 0.6 is 0 Å². The van der Waals surface area contributed by atoms with Crippen molar-refractivity contribution in [3.8, 4) is 5.75 Å². The monoisotopic (exact) mass is 341 g/mol. The molecule has 0 aromatic heterocycles. The smallest absolute Gasteiger partial charge is 0.276 e. The summed E-state index contributed by atoms with van der Waals surface area (Å²) in [6.45, 7) is 0. The molecule has 0 bridgehead atoms. The second kappa shape index (κ2) is 6.33. The fraction of sp³-hybridized carbons (Fsp3) is 0.176. The summed E-state index contributed by atoms with van der Waals surface area (Å²) in [7, 11) is 1.52. The van der Waals surface area contributed by atoms with Crippen LogP contribution in [0.3, 0.4) is 0 Å². The van der Waals surface area contributed by atoms with Gasteiger partial charge in [0.15, 0.2) is 5.72 Å². The molecule has 1 aliphatic heterocycles. The van der Waals surface area contributed by atoms with Gasteiger partial charge in [-0.25, -0.2) is 0 Å². The van der Waals surface area contributed by atoms with Crippen LogP contribution in [0.1, 0.15) is 22.3 Å². The third-order valence-corrected chi connectivity index (χ3v) is 3.99. The number of methoxy groups -OCH3 is 1. The van der Waals surface area contributed by atoms with Gasteiger partial charge in [0, 0.05) is 35.9 Å². The number of rotatable bonds is 4. The van der Waals surface area contributed by atoms with E-state index in [0.717, 1.165) is 5.01 Å². The fourth-order valence-electron chi connectivity index (χ4n) is 2.60. The molecule has 0 radical (unpaired) electrons. The number of hydrogen-bond donors (Lipinski definition) is 1. The number of nitro groups is 1. The summed E-state index contributed by atoms with van der Waals surface area (Å²) in [4.78, 5) is 23.0. The van der Waals surface area contributed by atoms with Crippen molar-refractivity contribution in [2.24, 2.45) is 5.10 Å². The molecule has 0 spiro atoms. The maximum Gasteiger partial charge on any atom is 0.276 e. The number of benzene rings is 2. The molecule has 0 saturated carbocycles. The highest BCUT2D eigenvalue weighted by Crippen LogP contribution is 2.35. The fourth-order valence-corrected chi connectivity index (χ4v) is 2.60. The lowest BCUT2D eigenvalue weighted by atomic mass is 9.99. The third kappa shape index (κ3) is 2.94. The van der Waals surface area contributed by atoms with E-state index in [1.54, 1.807) is 24.3 Å². The Kier molecular flexibility index (Phi) is 4.20. The number of carbonyl (C=O) groups excluding carboxylic acids is 1. The molecule has 1 atom stereocenters. The van der Waals surface area contributed by atoms with Crippen LogP contribution in [0.4, 0.5) is 5.69 Å². The summed E-state index contributed by atoms with van der Waals surface area (Å²) in [6.07, 6.45) is 1.52. The second-order valence-electron chi connectivity index (χ2n) is 5.47. The maximum absolute atomic E-state index is 12.7. The Morgan fingerprint density at radius 1 is 1.24 bits per heavy atom. The predicted octanol–water partition coefficient (Wildman–Crippen LogP) is 2.28. The van der Waals surface area contributed by atoms with E-state index in [4.69, 9.17) is 4.74 Å². The van der Waals surface area contributed by atoms with Crippen molar-refractivity contribution in [1.82, 2.24) is 5.01 Å². The van der Waals surface area contributed by atoms with E-state index in [0.29, 0.717) is 16.9 Å². The number of nitrogens with zero attached hydrogens (tertiary/aromatic N) is 3. The van der Waals surface area contributed by atoms with Crippen molar-refractivity contribution < 1.29 is 19.6 Å². The lowest BCUT2D eigenvalue weighted by Gasteiger charge is -2.31. The molecule has 8 heteroatoms. The molecule has 2 aromatic rings. The van der Waals surface area contributed by atoms with Gasteiger partial charge in [-0.05, 0) is 36.4 Å². The Labute approximate surface area is 143 Å². The zero-order valence-electron chi connectivity index (χ0n) is 13.3. The first-order chi connectivity index (χ1) is 12.0. The molecular weight excluding hydrogens is 326 g/mol. The van der Waals surface area contributed by atoms with E-state index in [1.165, 1.54) is 37.6 Å². The third-order valence-electron chi connectivity index (χ3n) is 3.99. The minimum atomic E-state index is -1.69. The number of carbonyl (C=O) groups is 1. The lowest BCUT2D eigenvalue weighted by molar-refractivity contribution is -0.384. The van der Waals surface area contributed by atoms with Gasteiger partial charge in [0.05, 0.1) is 12.0 Å². The number of amides is 1. The second-order valence-corrected chi connectivity index (χ2v) is 5.47. The summed E-state index contributed by atoms with van der Waals surface area (Å²) in [5.74, 6) is 0.115. The number of aliphatic hydroxyl groups is 1. The van der Waals surface area contributed by atoms with Crippen LogP contribution in [0.2, 0.25) is 0 Å². The molecule has 1 amide bonds. The summed E-state index contributed by atoms with van der Waals surface area (Å²) in [5, 5.41) is 26.7. The minimum absolute atomic E-state index is 0.0900. The maximum atomic E-state index is 12.7. The van der Waals surface area contributed by atoms with E-state index in [2.05, 4.69) is 5.10 Å². The average Bonchev–Trinajstić information content (AvgIpc) is 3.04. The van der Waals surface area contributed by atoms with E-state index in [1.807, 2.05) is 0 Å². The molecule has 1 aliphatic rings. The first-order valence-electron chi connectivity index (χ1n) is 7.44. The molecule has 1 heterocycles. The Balaban J connectivity index is 1.90. The molecule has 128 valence electrons. The summed E-state index contributed by atoms with van der Waals surface area (Å²) in [5.41, 5.74) is -1.11. The molecule has 0 fully saturated rings. The van der Waals surface area contributed by atoms with Gasteiger partial charge in [0.2, 0.25) is 0 Å². The zero-order valence-corrected chi connectivity index (χ0v) is 13.3. The topological polar surface area (TPSA) is 105 Å². The molecule has 25 heavy (non-hydrogen) atoms.